The van der Waals surface area contributed by atoms with Crippen LogP contribution in [0.2, 0.25) is 0 Å². The summed E-state index contributed by atoms with van der Waals surface area (Å²) in [6.45, 7) is 3.05. The quantitative estimate of drug-likeness (QED) is 0.458. The number of ether oxygens (including phenoxy) is 1. The first kappa shape index (κ1) is 22.4. The van der Waals surface area contributed by atoms with Gasteiger partial charge in [-0.3, -0.25) is 19.7 Å². The molecule has 4 aromatic rings. The average molecular weight is 482 g/mol. The Hall–Kier alpha value is -4.04. The lowest BCUT2D eigenvalue weighted by molar-refractivity contribution is -0.150. The van der Waals surface area contributed by atoms with Crippen molar-refractivity contribution in [2.75, 3.05) is 13.1 Å². The average Bonchev–Trinajstić information content (AvgIpc) is 3.52. The highest BCUT2D eigenvalue weighted by atomic mass is 16.5. The van der Waals surface area contributed by atoms with Gasteiger partial charge in [0.25, 0.3) is 11.8 Å². The minimum Gasteiger partial charge on any atom is -0.352 e. The summed E-state index contributed by atoms with van der Waals surface area (Å²) in [5.74, 6) is -0.165. The van der Waals surface area contributed by atoms with E-state index in [0.717, 1.165) is 27.6 Å². The van der Waals surface area contributed by atoms with Crippen molar-refractivity contribution in [2.45, 2.75) is 37.5 Å². The Kier molecular flexibility index (Phi) is 5.53. The van der Waals surface area contributed by atoms with Crippen molar-refractivity contribution >= 4 is 22.7 Å². The van der Waals surface area contributed by atoms with Crippen molar-refractivity contribution in [2.24, 2.45) is 0 Å². The fourth-order valence-electron chi connectivity index (χ4n) is 5.41. The van der Waals surface area contributed by atoms with Gasteiger partial charge in [0, 0.05) is 36.4 Å². The molecule has 36 heavy (non-hydrogen) atoms. The summed E-state index contributed by atoms with van der Waals surface area (Å²) >= 11 is 0. The van der Waals surface area contributed by atoms with Crippen LogP contribution < -0.4 is 5.32 Å². The number of rotatable bonds is 4. The van der Waals surface area contributed by atoms with E-state index in [1.54, 1.807) is 18.6 Å². The largest absolute Gasteiger partial charge is 0.352 e. The lowest BCUT2D eigenvalue weighted by Gasteiger charge is -2.39. The summed E-state index contributed by atoms with van der Waals surface area (Å²) in [5.41, 5.74) is 3.86. The summed E-state index contributed by atoms with van der Waals surface area (Å²) in [7, 11) is 0. The third kappa shape index (κ3) is 3.83. The van der Waals surface area contributed by atoms with E-state index in [4.69, 9.17) is 4.74 Å². The molecule has 0 saturated carbocycles. The standard InChI is InChI=1S/C28H27N5O3/c1-18(20-5-4-12-29-16-20)31-26(34)25-22-6-2-3-7-23(22)28(36-25)10-13-33(14-11-28)27(35)19-8-9-24-21(15-19)17-30-32-24/h2-9,12,15-18,25H,10-11,13-14H2,1H3,(H,30,32)(H,31,34). The van der Waals surface area contributed by atoms with E-state index in [2.05, 4.69) is 26.6 Å². The Bertz CT molecular complexity index is 1430. The Labute approximate surface area is 208 Å². The molecule has 2 aliphatic rings. The van der Waals surface area contributed by atoms with Crippen LogP contribution in [0.15, 0.2) is 73.2 Å². The molecule has 4 heterocycles. The molecule has 1 spiro atoms. The third-order valence-electron chi connectivity index (χ3n) is 7.40. The first-order valence-electron chi connectivity index (χ1n) is 12.2. The van der Waals surface area contributed by atoms with Gasteiger partial charge in [0.15, 0.2) is 6.10 Å². The molecule has 2 aliphatic heterocycles. The normalized spacial score (nSPS) is 19.2. The van der Waals surface area contributed by atoms with Crippen molar-refractivity contribution in [1.82, 2.24) is 25.4 Å². The molecule has 8 nitrogen and oxygen atoms in total. The summed E-state index contributed by atoms with van der Waals surface area (Å²) in [4.78, 5) is 32.6. The van der Waals surface area contributed by atoms with Crippen molar-refractivity contribution in [3.63, 3.8) is 0 Å². The number of aromatic nitrogens is 3. The van der Waals surface area contributed by atoms with Gasteiger partial charge in [0.05, 0.1) is 23.4 Å². The number of carbonyl (C=O) groups excluding carboxylic acids is 2. The SMILES string of the molecule is CC(NC(=O)C1OC2(CCN(C(=O)c3ccc4[nH]ncc4c3)CC2)c2ccccc21)c1cccnc1. The van der Waals surface area contributed by atoms with E-state index in [1.807, 2.05) is 60.4 Å². The predicted molar refractivity (Wildman–Crippen MR) is 134 cm³/mol. The number of aromatic amines is 1. The Morgan fingerprint density at radius 2 is 1.94 bits per heavy atom. The second-order valence-electron chi connectivity index (χ2n) is 9.56. The maximum absolute atomic E-state index is 13.3. The van der Waals surface area contributed by atoms with Crippen LogP contribution in [0.3, 0.4) is 0 Å². The zero-order valence-electron chi connectivity index (χ0n) is 20.0. The number of nitrogens with zero attached hydrogens (tertiary/aromatic N) is 3. The number of hydrogen-bond donors (Lipinski definition) is 2. The number of carbonyl (C=O) groups is 2. The van der Waals surface area contributed by atoms with E-state index < -0.39 is 11.7 Å². The maximum Gasteiger partial charge on any atom is 0.254 e. The minimum absolute atomic E-state index is 0.00109. The molecule has 0 aliphatic carbocycles. The van der Waals surface area contributed by atoms with E-state index in [9.17, 15) is 9.59 Å². The van der Waals surface area contributed by atoms with Crippen LogP contribution >= 0.6 is 0 Å². The molecule has 1 saturated heterocycles. The van der Waals surface area contributed by atoms with Crippen LogP contribution in [0, 0.1) is 0 Å². The Morgan fingerprint density at radius 3 is 2.75 bits per heavy atom. The van der Waals surface area contributed by atoms with E-state index in [0.29, 0.717) is 31.5 Å². The third-order valence-corrected chi connectivity index (χ3v) is 7.40. The van der Waals surface area contributed by atoms with Crippen molar-refractivity contribution in [3.8, 4) is 0 Å². The number of pyridine rings is 1. The number of hydrogen-bond acceptors (Lipinski definition) is 5. The highest BCUT2D eigenvalue weighted by molar-refractivity contribution is 5.98. The molecule has 2 aromatic carbocycles. The van der Waals surface area contributed by atoms with Crippen LogP contribution in [-0.4, -0.2) is 45.0 Å². The lowest BCUT2D eigenvalue weighted by Crippen LogP contribution is -2.45. The number of benzene rings is 2. The van der Waals surface area contributed by atoms with Crippen LogP contribution in [0.4, 0.5) is 0 Å². The van der Waals surface area contributed by atoms with Gasteiger partial charge in [-0.15, -0.1) is 0 Å². The van der Waals surface area contributed by atoms with Gasteiger partial charge in [-0.25, -0.2) is 0 Å². The van der Waals surface area contributed by atoms with Gasteiger partial charge in [0.2, 0.25) is 0 Å². The van der Waals surface area contributed by atoms with Gasteiger partial charge in [-0.2, -0.15) is 5.10 Å². The summed E-state index contributed by atoms with van der Waals surface area (Å²) in [6, 6.07) is 17.2. The monoisotopic (exact) mass is 481 g/mol. The predicted octanol–water partition coefficient (Wildman–Crippen LogP) is 4.04. The molecular formula is C28H27N5O3. The number of H-pyrrole nitrogens is 1. The molecule has 6 rings (SSSR count). The van der Waals surface area contributed by atoms with E-state index in [1.165, 1.54) is 0 Å². The Morgan fingerprint density at radius 1 is 1.11 bits per heavy atom. The van der Waals surface area contributed by atoms with Crippen LogP contribution in [0.25, 0.3) is 10.9 Å². The fraction of sp³-hybridized carbons (Fsp3) is 0.286. The van der Waals surface area contributed by atoms with Crippen molar-refractivity contribution in [3.05, 3.63) is 95.4 Å². The Balaban J connectivity index is 1.18. The molecule has 2 N–H and O–H groups in total. The van der Waals surface area contributed by atoms with Crippen LogP contribution in [0.5, 0.6) is 0 Å². The zero-order valence-corrected chi connectivity index (χ0v) is 20.0. The number of amides is 2. The minimum atomic E-state index is -0.689. The molecule has 2 unspecified atom stereocenters. The first-order valence-corrected chi connectivity index (χ1v) is 12.2. The maximum atomic E-state index is 13.3. The van der Waals surface area contributed by atoms with Gasteiger partial charge >= 0.3 is 0 Å². The topological polar surface area (TPSA) is 100 Å². The number of fused-ring (bicyclic) bond motifs is 3. The molecular weight excluding hydrogens is 454 g/mol. The zero-order chi connectivity index (χ0) is 24.7. The van der Waals surface area contributed by atoms with E-state index in [-0.39, 0.29) is 17.9 Å². The van der Waals surface area contributed by atoms with Gasteiger partial charge in [0.1, 0.15) is 0 Å². The van der Waals surface area contributed by atoms with E-state index >= 15 is 0 Å². The first-order chi connectivity index (χ1) is 17.5. The molecule has 8 heteroatoms. The molecule has 182 valence electrons. The van der Waals surface area contributed by atoms with Gasteiger partial charge in [-0.05, 0) is 60.7 Å². The lowest BCUT2D eigenvalue weighted by atomic mass is 9.83. The number of piperidine rings is 1. The summed E-state index contributed by atoms with van der Waals surface area (Å²) in [5, 5.41) is 11.0. The van der Waals surface area contributed by atoms with Gasteiger partial charge < -0.3 is 15.0 Å². The highest BCUT2D eigenvalue weighted by Gasteiger charge is 2.49. The second kappa shape index (κ2) is 8.87. The molecule has 2 aromatic heterocycles. The molecule has 2 amide bonds. The van der Waals surface area contributed by atoms with Crippen molar-refractivity contribution < 1.29 is 14.3 Å². The second-order valence-corrected chi connectivity index (χ2v) is 9.56. The van der Waals surface area contributed by atoms with Gasteiger partial charge in [-0.1, -0.05) is 30.3 Å². The summed E-state index contributed by atoms with van der Waals surface area (Å²) in [6.07, 6.45) is 5.77. The summed E-state index contributed by atoms with van der Waals surface area (Å²) < 4.78 is 6.56. The fourth-order valence-corrected chi connectivity index (χ4v) is 5.41. The van der Waals surface area contributed by atoms with Crippen molar-refractivity contribution in [1.29, 1.82) is 0 Å². The smallest absolute Gasteiger partial charge is 0.254 e. The van der Waals surface area contributed by atoms with Crippen LogP contribution in [0.1, 0.15) is 59.0 Å². The highest BCUT2D eigenvalue weighted by Crippen LogP contribution is 2.49. The molecule has 0 radical (unpaired) electrons. The number of likely N-dealkylation sites (tertiary alicyclic amines) is 1. The molecule has 2 atom stereocenters. The molecule has 0 bridgehead atoms. The molecule has 1 fully saturated rings. The van der Waals surface area contributed by atoms with Crippen LogP contribution in [-0.2, 0) is 15.1 Å². The number of nitrogens with one attached hydrogen (secondary N) is 2.